The Balaban J connectivity index is 2.11. The van der Waals surface area contributed by atoms with Crippen LogP contribution in [0.3, 0.4) is 0 Å². The number of likely N-dealkylation sites (N-methyl/N-ethyl adjacent to an activating group) is 1. The molecule has 1 atom stereocenters. The maximum Gasteiger partial charge on any atom is 0.230 e. The summed E-state index contributed by atoms with van der Waals surface area (Å²) in [4.78, 5) is 18.4. The van der Waals surface area contributed by atoms with Crippen LogP contribution in [-0.2, 0) is 18.4 Å². The number of hydrogen-bond acceptors (Lipinski definition) is 3. The monoisotopic (exact) mass is 272 g/mol. The van der Waals surface area contributed by atoms with E-state index in [1.165, 1.54) is 6.33 Å². The molecule has 20 heavy (non-hydrogen) atoms. The minimum atomic E-state index is -0.102. The van der Waals surface area contributed by atoms with E-state index in [0.717, 1.165) is 17.8 Å². The van der Waals surface area contributed by atoms with Crippen LogP contribution in [0.15, 0.2) is 36.7 Å². The van der Waals surface area contributed by atoms with Gasteiger partial charge in [-0.05, 0) is 12.0 Å². The van der Waals surface area contributed by atoms with E-state index >= 15 is 0 Å². The average molecular weight is 272 g/mol. The maximum absolute atomic E-state index is 12.6. The minimum Gasteiger partial charge on any atom is -0.338 e. The van der Waals surface area contributed by atoms with Crippen LogP contribution in [0, 0.1) is 0 Å². The zero-order valence-corrected chi connectivity index (χ0v) is 12.2. The summed E-state index contributed by atoms with van der Waals surface area (Å²) >= 11 is 0. The number of hydrogen-bond donors (Lipinski definition) is 0. The molecular weight excluding hydrogens is 252 g/mol. The van der Waals surface area contributed by atoms with Crippen molar-refractivity contribution in [1.29, 1.82) is 0 Å². The molecule has 0 aliphatic carbocycles. The molecule has 0 fully saturated rings. The van der Waals surface area contributed by atoms with Gasteiger partial charge in [0.25, 0.3) is 0 Å². The summed E-state index contributed by atoms with van der Waals surface area (Å²) in [6, 6.07) is 9.90. The third-order valence-corrected chi connectivity index (χ3v) is 3.47. The lowest BCUT2D eigenvalue weighted by Gasteiger charge is -2.23. The van der Waals surface area contributed by atoms with Crippen molar-refractivity contribution < 1.29 is 4.79 Å². The summed E-state index contributed by atoms with van der Waals surface area (Å²) in [5.74, 6) is 0.792. The second-order valence-electron chi connectivity index (χ2n) is 4.87. The Morgan fingerprint density at radius 2 is 2.05 bits per heavy atom. The second kappa shape index (κ2) is 6.32. The largest absolute Gasteiger partial charge is 0.338 e. The fourth-order valence-electron chi connectivity index (χ4n) is 2.26. The topological polar surface area (TPSA) is 51.0 Å². The van der Waals surface area contributed by atoms with Gasteiger partial charge in [0.1, 0.15) is 12.2 Å². The number of aromatic nitrogens is 3. The van der Waals surface area contributed by atoms with Crippen molar-refractivity contribution in [2.24, 2.45) is 7.05 Å². The first kappa shape index (κ1) is 14.2. The van der Waals surface area contributed by atoms with E-state index in [9.17, 15) is 4.79 Å². The van der Waals surface area contributed by atoms with Crippen molar-refractivity contribution in [3.8, 4) is 0 Å². The fraction of sp³-hybridized carbons (Fsp3) is 0.400. The highest BCUT2D eigenvalue weighted by atomic mass is 16.2. The van der Waals surface area contributed by atoms with E-state index < -0.39 is 0 Å². The standard InChI is InChI=1S/C15H20N4O/c1-4-13(12-8-6-5-7-9-12)15(20)18(2)10-14-16-11-17-19(14)3/h5-9,11,13H,4,10H2,1-3H3. The van der Waals surface area contributed by atoms with Crippen LogP contribution in [0.25, 0.3) is 0 Å². The zero-order valence-electron chi connectivity index (χ0n) is 12.2. The summed E-state index contributed by atoms with van der Waals surface area (Å²) in [5, 5.41) is 4.02. The first-order valence-corrected chi connectivity index (χ1v) is 6.76. The third-order valence-electron chi connectivity index (χ3n) is 3.47. The van der Waals surface area contributed by atoms with Crippen molar-refractivity contribution in [1.82, 2.24) is 19.7 Å². The maximum atomic E-state index is 12.6. The number of rotatable bonds is 5. The number of benzene rings is 1. The summed E-state index contributed by atoms with van der Waals surface area (Å²) in [7, 11) is 3.64. The molecule has 1 aromatic carbocycles. The summed E-state index contributed by atoms with van der Waals surface area (Å²) in [6.07, 6.45) is 2.29. The Morgan fingerprint density at radius 3 is 2.60 bits per heavy atom. The van der Waals surface area contributed by atoms with E-state index in [0.29, 0.717) is 6.54 Å². The predicted molar refractivity (Wildman–Crippen MR) is 77.0 cm³/mol. The summed E-state index contributed by atoms with van der Waals surface area (Å²) < 4.78 is 1.69. The first-order valence-electron chi connectivity index (χ1n) is 6.76. The highest BCUT2D eigenvalue weighted by Gasteiger charge is 2.22. The number of nitrogens with zero attached hydrogens (tertiary/aromatic N) is 4. The highest BCUT2D eigenvalue weighted by Crippen LogP contribution is 2.21. The molecule has 106 valence electrons. The lowest BCUT2D eigenvalue weighted by molar-refractivity contribution is -0.132. The van der Waals surface area contributed by atoms with Gasteiger partial charge in [-0.2, -0.15) is 5.10 Å². The van der Waals surface area contributed by atoms with Crippen LogP contribution in [0.4, 0.5) is 0 Å². The van der Waals surface area contributed by atoms with Gasteiger partial charge in [-0.3, -0.25) is 9.48 Å². The van der Waals surface area contributed by atoms with Crippen molar-refractivity contribution >= 4 is 5.91 Å². The van der Waals surface area contributed by atoms with E-state index in [1.807, 2.05) is 51.4 Å². The zero-order chi connectivity index (χ0) is 14.5. The van der Waals surface area contributed by atoms with Crippen molar-refractivity contribution in [3.63, 3.8) is 0 Å². The number of amides is 1. The lowest BCUT2D eigenvalue weighted by Crippen LogP contribution is -2.32. The Labute approximate surface area is 119 Å². The Kier molecular flexibility index (Phi) is 4.50. The molecule has 1 aromatic heterocycles. The summed E-state index contributed by atoms with van der Waals surface area (Å²) in [5.41, 5.74) is 1.06. The molecule has 0 spiro atoms. The molecule has 0 bridgehead atoms. The fourth-order valence-corrected chi connectivity index (χ4v) is 2.26. The molecule has 0 radical (unpaired) electrons. The highest BCUT2D eigenvalue weighted by molar-refractivity contribution is 5.83. The molecule has 0 aliphatic rings. The Hall–Kier alpha value is -2.17. The predicted octanol–water partition coefficient (Wildman–Crippen LogP) is 1.97. The van der Waals surface area contributed by atoms with Crippen LogP contribution in [-0.4, -0.2) is 32.6 Å². The molecule has 1 amide bonds. The minimum absolute atomic E-state index is 0.102. The van der Waals surface area contributed by atoms with Gasteiger partial charge in [0, 0.05) is 14.1 Å². The molecule has 5 nitrogen and oxygen atoms in total. The van der Waals surface area contributed by atoms with Gasteiger partial charge in [0.05, 0.1) is 12.5 Å². The third kappa shape index (κ3) is 3.04. The van der Waals surface area contributed by atoms with Crippen LogP contribution in [0.5, 0.6) is 0 Å². The van der Waals surface area contributed by atoms with Gasteiger partial charge in [-0.1, -0.05) is 37.3 Å². The molecule has 2 rings (SSSR count). The number of carbonyl (C=O) groups is 1. The van der Waals surface area contributed by atoms with E-state index in [2.05, 4.69) is 10.1 Å². The second-order valence-corrected chi connectivity index (χ2v) is 4.87. The molecule has 0 aliphatic heterocycles. The van der Waals surface area contributed by atoms with E-state index in [-0.39, 0.29) is 11.8 Å². The molecule has 2 aromatic rings. The Morgan fingerprint density at radius 1 is 1.35 bits per heavy atom. The lowest BCUT2D eigenvalue weighted by atomic mass is 9.95. The normalized spacial score (nSPS) is 12.2. The van der Waals surface area contributed by atoms with Crippen LogP contribution < -0.4 is 0 Å². The van der Waals surface area contributed by atoms with Gasteiger partial charge in [-0.25, -0.2) is 4.98 Å². The number of carbonyl (C=O) groups excluding carboxylic acids is 1. The van der Waals surface area contributed by atoms with E-state index in [1.54, 1.807) is 9.58 Å². The summed E-state index contributed by atoms with van der Waals surface area (Å²) in [6.45, 7) is 2.50. The SMILES string of the molecule is CCC(C(=O)N(C)Cc1ncnn1C)c1ccccc1. The molecule has 1 unspecified atom stereocenters. The Bertz CT molecular complexity index is 564. The smallest absolute Gasteiger partial charge is 0.230 e. The van der Waals surface area contributed by atoms with Crippen molar-refractivity contribution in [2.75, 3.05) is 7.05 Å². The van der Waals surface area contributed by atoms with Crippen LogP contribution >= 0.6 is 0 Å². The number of aryl methyl sites for hydroxylation is 1. The van der Waals surface area contributed by atoms with Gasteiger partial charge in [-0.15, -0.1) is 0 Å². The molecule has 0 N–H and O–H groups in total. The van der Waals surface area contributed by atoms with Gasteiger partial charge in [0.15, 0.2) is 0 Å². The quantitative estimate of drug-likeness (QED) is 0.836. The van der Waals surface area contributed by atoms with E-state index in [4.69, 9.17) is 0 Å². The van der Waals surface area contributed by atoms with Crippen molar-refractivity contribution in [2.45, 2.75) is 25.8 Å². The van der Waals surface area contributed by atoms with Gasteiger partial charge in [0.2, 0.25) is 5.91 Å². The van der Waals surface area contributed by atoms with Crippen molar-refractivity contribution in [3.05, 3.63) is 48.0 Å². The molecule has 1 heterocycles. The van der Waals surface area contributed by atoms with Crippen LogP contribution in [0.1, 0.15) is 30.7 Å². The average Bonchev–Trinajstić information content (AvgIpc) is 2.86. The van der Waals surface area contributed by atoms with Gasteiger partial charge < -0.3 is 4.90 Å². The molecule has 0 saturated carbocycles. The van der Waals surface area contributed by atoms with Crippen LogP contribution in [0.2, 0.25) is 0 Å². The first-order chi connectivity index (χ1) is 9.63. The molecule has 5 heteroatoms. The molecule has 0 saturated heterocycles. The van der Waals surface area contributed by atoms with Gasteiger partial charge >= 0.3 is 0 Å². The molecular formula is C15H20N4O.